The summed E-state index contributed by atoms with van der Waals surface area (Å²) >= 11 is 1.24. The van der Waals surface area contributed by atoms with E-state index in [9.17, 15) is 9.59 Å². The fraction of sp³-hybridized carbons (Fsp3) is 0.500. The van der Waals surface area contributed by atoms with E-state index in [1.165, 1.54) is 17.5 Å². The van der Waals surface area contributed by atoms with Gasteiger partial charge in [-0.2, -0.15) is 0 Å². The molecule has 1 atom stereocenters. The summed E-state index contributed by atoms with van der Waals surface area (Å²) in [7, 11) is 0. The normalized spacial score (nSPS) is 12.1. The van der Waals surface area contributed by atoms with Gasteiger partial charge in [-0.15, -0.1) is 11.3 Å². The Balaban J connectivity index is 2.54. The Morgan fingerprint density at radius 1 is 1.62 bits per heavy atom. The first-order valence-corrected chi connectivity index (χ1v) is 5.92. The lowest BCUT2D eigenvalue weighted by Gasteiger charge is -2.15. The molecule has 1 heterocycles. The van der Waals surface area contributed by atoms with Crippen LogP contribution >= 0.6 is 11.3 Å². The van der Waals surface area contributed by atoms with Gasteiger partial charge in [-0.1, -0.05) is 13.3 Å². The van der Waals surface area contributed by atoms with Crippen LogP contribution in [-0.2, 0) is 4.79 Å². The Bertz CT molecular complexity index is 351. The van der Waals surface area contributed by atoms with Crippen LogP contribution < -0.4 is 5.32 Å². The number of nitrogens with zero attached hydrogens (tertiary/aromatic N) is 1. The number of rotatable bonds is 6. The van der Waals surface area contributed by atoms with Crippen LogP contribution in [0.25, 0.3) is 0 Å². The second kappa shape index (κ2) is 6.22. The smallest absolute Gasteiger partial charge is 0.305 e. The highest BCUT2D eigenvalue weighted by Gasteiger charge is 2.16. The molecular formula is C10H14N2O3S. The van der Waals surface area contributed by atoms with Gasteiger partial charge < -0.3 is 10.4 Å². The molecule has 1 unspecified atom stereocenters. The molecule has 0 aliphatic carbocycles. The first kappa shape index (κ1) is 12.6. The van der Waals surface area contributed by atoms with Crippen LogP contribution in [0.2, 0.25) is 0 Å². The molecule has 1 amide bonds. The van der Waals surface area contributed by atoms with Gasteiger partial charge in [0, 0.05) is 6.04 Å². The summed E-state index contributed by atoms with van der Waals surface area (Å²) in [6.45, 7) is 1.95. The van der Waals surface area contributed by atoms with Gasteiger partial charge in [-0.25, -0.2) is 0 Å². The van der Waals surface area contributed by atoms with Gasteiger partial charge in [0.05, 0.1) is 18.1 Å². The zero-order chi connectivity index (χ0) is 12.0. The van der Waals surface area contributed by atoms with E-state index in [-0.39, 0.29) is 18.4 Å². The summed E-state index contributed by atoms with van der Waals surface area (Å²) in [5.74, 6) is -1.15. The Hall–Kier alpha value is -1.43. The summed E-state index contributed by atoms with van der Waals surface area (Å²) in [6, 6.07) is -0.308. The molecule has 0 saturated carbocycles. The van der Waals surface area contributed by atoms with Gasteiger partial charge in [-0.3, -0.25) is 14.6 Å². The molecule has 0 fully saturated rings. The van der Waals surface area contributed by atoms with E-state index >= 15 is 0 Å². The number of thiazole rings is 1. The molecule has 0 aliphatic heterocycles. The minimum atomic E-state index is -0.900. The number of aliphatic carboxylic acids is 1. The predicted molar refractivity (Wildman–Crippen MR) is 60.5 cm³/mol. The summed E-state index contributed by atoms with van der Waals surface area (Å²) in [6.07, 6.45) is 2.93. The predicted octanol–water partition coefficient (Wildman–Crippen LogP) is 1.52. The van der Waals surface area contributed by atoms with Crippen molar-refractivity contribution < 1.29 is 14.7 Å². The van der Waals surface area contributed by atoms with Crippen molar-refractivity contribution in [2.45, 2.75) is 32.2 Å². The maximum absolute atomic E-state index is 11.6. The highest BCUT2D eigenvalue weighted by atomic mass is 32.1. The van der Waals surface area contributed by atoms with E-state index in [1.54, 1.807) is 5.51 Å². The van der Waals surface area contributed by atoms with Crippen LogP contribution in [0.3, 0.4) is 0 Å². The van der Waals surface area contributed by atoms with Gasteiger partial charge in [0.2, 0.25) is 0 Å². The van der Waals surface area contributed by atoms with Crippen molar-refractivity contribution in [3.05, 3.63) is 16.6 Å². The fourth-order valence-corrected chi connectivity index (χ4v) is 1.89. The van der Waals surface area contributed by atoms with Gasteiger partial charge in [0.25, 0.3) is 5.91 Å². The van der Waals surface area contributed by atoms with Gasteiger partial charge >= 0.3 is 5.97 Å². The van der Waals surface area contributed by atoms with E-state index in [0.717, 1.165) is 6.42 Å². The number of nitrogens with one attached hydrogen (secondary N) is 1. The van der Waals surface area contributed by atoms with E-state index in [0.29, 0.717) is 11.3 Å². The highest BCUT2D eigenvalue weighted by molar-refractivity contribution is 7.11. The van der Waals surface area contributed by atoms with Crippen LogP contribution in [-0.4, -0.2) is 28.0 Å². The lowest BCUT2D eigenvalue weighted by Crippen LogP contribution is -2.36. The van der Waals surface area contributed by atoms with Crippen molar-refractivity contribution >= 4 is 23.2 Å². The van der Waals surface area contributed by atoms with Crippen LogP contribution in [0.4, 0.5) is 0 Å². The number of carboxylic acid groups (broad SMARTS) is 1. The van der Waals surface area contributed by atoms with Crippen LogP contribution in [0, 0.1) is 0 Å². The average Bonchev–Trinajstić information content (AvgIpc) is 2.69. The molecule has 6 heteroatoms. The molecule has 0 radical (unpaired) electrons. The zero-order valence-electron chi connectivity index (χ0n) is 8.97. The van der Waals surface area contributed by atoms with Crippen molar-refractivity contribution in [3.8, 4) is 0 Å². The average molecular weight is 242 g/mol. The molecule has 0 aromatic carbocycles. The van der Waals surface area contributed by atoms with Crippen molar-refractivity contribution in [3.63, 3.8) is 0 Å². The van der Waals surface area contributed by atoms with Crippen molar-refractivity contribution in [2.75, 3.05) is 0 Å². The Kier molecular flexibility index (Phi) is 4.91. The monoisotopic (exact) mass is 242 g/mol. The molecular weight excluding hydrogens is 228 g/mol. The molecule has 1 aromatic rings. The second-order valence-corrected chi connectivity index (χ2v) is 4.31. The maximum Gasteiger partial charge on any atom is 0.305 e. The van der Waals surface area contributed by atoms with E-state index in [1.807, 2.05) is 6.92 Å². The van der Waals surface area contributed by atoms with Crippen molar-refractivity contribution in [1.29, 1.82) is 0 Å². The fourth-order valence-electron chi connectivity index (χ4n) is 1.37. The third-order valence-corrected chi connectivity index (χ3v) is 2.82. The number of aromatic nitrogens is 1. The van der Waals surface area contributed by atoms with Gasteiger partial charge in [0.15, 0.2) is 0 Å². The second-order valence-electron chi connectivity index (χ2n) is 3.42. The molecule has 88 valence electrons. The van der Waals surface area contributed by atoms with Crippen molar-refractivity contribution in [1.82, 2.24) is 10.3 Å². The van der Waals surface area contributed by atoms with Gasteiger partial charge in [-0.05, 0) is 6.42 Å². The van der Waals surface area contributed by atoms with E-state index in [2.05, 4.69) is 10.3 Å². The van der Waals surface area contributed by atoms with Crippen LogP contribution in [0.15, 0.2) is 11.7 Å². The Morgan fingerprint density at radius 3 is 2.88 bits per heavy atom. The molecule has 0 aliphatic rings. The third-order valence-electron chi connectivity index (χ3n) is 2.05. The Labute approximate surface area is 97.5 Å². The first-order chi connectivity index (χ1) is 7.63. The minimum absolute atomic E-state index is 0.0433. The van der Waals surface area contributed by atoms with Crippen LogP contribution in [0.1, 0.15) is 35.9 Å². The number of carbonyl (C=O) groups is 2. The number of carboxylic acids is 1. The number of carbonyl (C=O) groups excluding carboxylic acids is 1. The molecule has 0 spiro atoms. The van der Waals surface area contributed by atoms with Gasteiger partial charge in [0.1, 0.15) is 4.88 Å². The lowest BCUT2D eigenvalue weighted by molar-refractivity contribution is -0.137. The lowest BCUT2D eigenvalue weighted by atomic mass is 10.1. The topological polar surface area (TPSA) is 79.3 Å². The molecule has 0 bridgehead atoms. The maximum atomic E-state index is 11.6. The number of amides is 1. The summed E-state index contributed by atoms with van der Waals surface area (Å²) in [4.78, 5) is 26.5. The molecule has 1 rings (SSSR count). The molecule has 16 heavy (non-hydrogen) atoms. The standard InChI is InChI=1S/C10H14N2O3S/c1-2-3-7(4-9(13)14)12-10(15)8-5-11-6-16-8/h5-7H,2-4H2,1H3,(H,12,15)(H,13,14). The third kappa shape index (κ3) is 3.98. The molecule has 1 aromatic heterocycles. The van der Waals surface area contributed by atoms with E-state index < -0.39 is 5.97 Å². The van der Waals surface area contributed by atoms with E-state index in [4.69, 9.17) is 5.11 Å². The number of hydrogen-bond donors (Lipinski definition) is 2. The SMILES string of the molecule is CCCC(CC(=O)O)NC(=O)c1cncs1. The largest absolute Gasteiger partial charge is 0.481 e. The Morgan fingerprint density at radius 2 is 2.38 bits per heavy atom. The summed E-state index contributed by atoms with van der Waals surface area (Å²) in [5.41, 5.74) is 1.57. The quantitative estimate of drug-likeness (QED) is 0.792. The molecule has 2 N–H and O–H groups in total. The summed E-state index contributed by atoms with van der Waals surface area (Å²) in [5, 5.41) is 11.4. The number of hydrogen-bond acceptors (Lipinski definition) is 4. The summed E-state index contributed by atoms with van der Waals surface area (Å²) < 4.78 is 0. The highest BCUT2D eigenvalue weighted by Crippen LogP contribution is 2.08. The van der Waals surface area contributed by atoms with Crippen LogP contribution in [0.5, 0.6) is 0 Å². The first-order valence-electron chi connectivity index (χ1n) is 5.04. The molecule has 0 saturated heterocycles. The minimum Gasteiger partial charge on any atom is -0.481 e. The zero-order valence-corrected chi connectivity index (χ0v) is 9.79. The van der Waals surface area contributed by atoms with Crippen molar-refractivity contribution in [2.24, 2.45) is 0 Å². The molecule has 5 nitrogen and oxygen atoms in total.